The van der Waals surface area contributed by atoms with E-state index in [1.807, 2.05) is 13.8 Å². The highest BCUT2D eigenvalue weighted by molar-refractivity contribution is 5.82. The summed E-state index contributed by atoms with van der Waals surface area (Å²) < 4.78 is 11.1. The summed E-state index contributed by atoms with van der Waals surface area (Å²) in [7, 11) is 0. The first-order valence-corrected chi connectivity index (χ1v) is 9.37. The van der Waals surface area contributed by atoms with E-state index in [-0.39, 0.29) is 36.1 Å². The molecule has 4 atom stereocenters. The van der Waals surface area contributed by atoms with Gasteiger partial charge in [0, 0.05) is 18.7 Å². The number of morpholine rings is 1. The topological polar surface area (TPSA) is 67.6 Å². The Bertz CT molecular complexity index is 555. The minimum absolute atomic E-state index is 0.0724. The van der Waals surface area contributed by atoms with E-state index in [2.05, 4.69) is 50.0 Å². The Hall–Kier alpha value is -1.40. The fourth-order valence-electron chi connectivity index (χ4n) is 3.96. The largest absolute Gasteiger partial charge is 0.373 e. The third-order valence-electron chi connectivity index (χ3n) is 4.90. The molecule has 0 spiro atoms. The average Bonchev–Trinajstić information content (AvgIpc) is 2.83. The van der Waals surface area contributed by atoms with Crippen LogP contribution in [0.4, 0.5) is 0 Å². The summed E-state index contributed by atoms with van der Waals surface area (Å²) in [6.07, 6.45) is 1.08. The Labute approximate surface area is 151 Å². The molecule has 1 N–H and O–H groups in total. The van der Waals surface area contributed by atoms with Crippen LogP contribution in [0, 0.1) is 19.8 Å². The molecule has 1 fully saturated rings. The lowest BCUT2D eigenvalue weighted by atomic mass is 9.97. The van der Waals surface area contributed by atoms with Crippen LogP contribution in [0.1, 0.15) is 64.1 Å². The van der Waals surface area contributed by atoms with Gasteiger partial charge in [-0.1, -0.05) is 25.9 Å². The van der Waals surface area contributed by atoms with Crippen LogP contribution in [0.25, 0.3) is 0 Å². The number of hydrogen-bond acceptors (Lipinski definition) is 5. The van der Waals surface area contributed by atoms with E-state index in [9.17, 15) is 4.79 Å². The summed E-state index contributed by atoms with van der Waals surface area (Å²) in [6.45, 7) is 15.8. The van der Waals surface area contributed by atoms with Crippen molar-refractivity contribution >= 4 is 5.91 Å². The Balaban J connectivity index is 2.17. The molecule has 2 heterocycles. The van der Waals surface area contributed by atoms with Gasteiger partial charge in [-0.2, -0.15) is 0 Å². The maximum atomic E-state index is 13.1. The molecular formula is C19H33N3O3. The van der Waals surface area contributed by atoms with Gasteiger partial charge in [-0.05, 0) is 40.0 Å². The lowest BCUT2D eigenvalue weighted by Gasteiger charge is -2.41. The van der Waals surface area contributed by atoms with Crippen molar-refractivity contribution in [1.82, 2.24) is 15.4 Å². The zero-order valence-electron chi connectivity index (χ0n) is 16.6. The van der Waals surface area contributed by atoms with E-state index >= 15 is 0 Å². The van der Waals surface area contributed by atoms with Crippen LogP contribution in [0.3, 0.4) is 0 Å². The van der Waals surface area contributed by atoms with Crippen molar-refractivity contribution in [2.24, 2.45) is 5.92 Å². The second-order valence-electron chi connectivity index (χ2n) is 7.61. The Morgan fingerprint density at radius 2 is 1.88 bits per heavy atom. The van der Waals surface area contributed by atoms with Crippen LogP contribution in [0.2, 0.25) is 0 Å². The Morgan fingerprint density at radius 1 is 1.28 bits per heavy atom. The monoisotopic (exact) mass is 351 g/mol. The molecule has 1 saturated heterocycles. The number of rotatable bonds is 6. The maximum absolute atomic E-state index is 13.1. The molecule has 142 valence electrons. The van der Waals surface area contributed by atoms with Crippen LogP contribution in [-0.4, -0.2) is 47.3 Å². The van der Waals surface area contributed by atoms with Gasteiger partial charge in [-0.3, -0.25) is 9.69 Å². The average molecular weight is 351 g/mol. The summed E-state index contributed by atoms with van der Waals surface area (Å²) in [5.41, 5.74) is 1.85. The number of nitrogens with zero attached hydrogens (tertiary/aromatic N) is 2. The number of nitrogens with one attached hydrogen (secondary N) is 1. The summed E-state index contributed by atoms with van der Waals surface area (Å²) in [6, 6.07) is -0.237. The highest BCUT2D eigenvalue weighted by Crippen LogP contribution is 2.25. The molecule has 0 saturated carbocycles. The van der Waals surface area contributed by atoms with Crippen LogP contribution in [-0.2, 0) is 9.53 Å². The molecule has 2 rings (SSSR count). The van der Waals surface area contributed by atoms with Crippen molar-refractivity contribution < 1.29 is 14.1 Å². The molecule has 1 aliphatic heterocycles. The molecule has 1 aromatic heterocycles. The minimum atomic E-state index is -0.164. The van der Waals surface area contributed by atoms with Gasteiger partial charge in [-0.15, -0.1) is 0 Å². The highest BCUT2D eigenvalue weighted by Gasteiger charge is 2.35. The molecule has 6 nitrogen and oxygen atoms in total. The number of carbonyl (C=O) groups excluding carboxylic acids is 1. The molecule has 1 aliphatic rings. The molecule has 25 heavy (non-hydrogen) atoms. The molecule has 0 aromatic carbocycles. The molecule has 0 aliphatic carbocycles. The summed E-state index contributed by atoms with van der Waals surface area (Å²) in [4.78, 5) is 15.4. The molecule has 6 heteroatoms. The van der Waals surface area contributed by atoms with Crippen LogP contribution in [0.15, 0.2) is 4.52 Å². The first kappa shape index (κ1) is 19.9. The predicted octanol–water partition coefficient (Wildman–Crippen LogP) is 2.99. The van der Waals surface area contributed by atoms with Gasteiger partial charge in [0.2, 0.25) is 5.91 Å². The third kappa shape index (κ3) is 4.61. The number of aryl methyl sites for hydroxylation is 2. The van der Waals surface area contributed by atoms with Gasteiger partial charge in [0.1, 0.15) is 5.76 Å². The van der Waals surface area contributed by atoms with Gasteiger partial charge in [0.25, 0.3) is 0 Å². The van der Waals surface area contributed by atoms with Crippen molar-refractivity contribution in [1.29, 1.82) is 0 Å². The van der Waals surface area contributed by atoms with Crippen molar-refractivity contribution in [3.8, 4) is 0 Å². The fraction of sp³-hybridized carbons (Fsp3) is 0.789. The third-order valence-corrected chi connectivity index (χ3v) is 4.90. The Kier molecular flexibility index (Phi) is 6.63. The smallest absolute Gasteiger partial charge is 0.238 e. The lowest BCUT2D eigenvalue weighted by Crippen LogP contribution is -2.57. The number of amides is 1. The van der Waals surface area contributed by atoms with Gasteiger partial charge >= 0.3 is 0 Å². The lowest BCUT2D eigenvalue weighted by molar-refractivity contribution is -0.136. The van der Waals surface area contributed by atoms with Crippen LogP contribution < -0.4 is 5.32 Å². The number of hydrogen-bond donors (Lipinski definition) is 1. The minimum Gasteiger partial charge on any atom is -0.373 e. The van der Waals surface area contributed by atoms with Crippen molar-refractivity contribution in [3.05, 3.63) is 17.0 Å². The number of carbonyl (C=O) groups is 1. The zero-order valence-corrected chi connectivity index (χ0v) is 16.6. The zero-order chi connectivity index (χ0) is 18.7. The first-order valence-electron chi connectivity index (χ1n) is 9.37. The standard InChI is InChI=1S/C19H33N3O3/c1-8-16(17-14(6)21-25-15(17)7)20-19(23)18(11(2)3)22-9-12(4)24-13(5)10-22/h11-13,16,18H,8-10H2,1-7H3,(H,20,23)/t12-,13+,16-,18+/m0/s1. The van der Waals surface area contributed by atoms with E-state index in [1.165, 1.54) is 0 Å². The quantitative estimate of drug-likeness (QED) is 0.853. The molecule has 0 bridgehead atoms. The SMILES string of the molecule is CC[C@H](NC(=O)[C@@H](C(C)C)N1C[C@@H](C)O[C@@H](C)C1)c1c(C)noc1C. The normalized spacial score (nSPS) is 24.3. The van der Waals surface area contributed by atoms with E-state index in [4.69, 9.17) is 9.26 Å². The molecule has 0 radical (unpaired) electrons. The molecule has 1 aromatic rings. The second kappa shape index (κ2) is 8.32. The molecule has 1 amide bonds. The van der Waals surface area contributed by atoms with E-state index in [0.717, 1.165) is 36.5 Å². The van der Waals surface area contributed by atoms with Crippen molar-refractivity contribution in [3.63, 3.8) is 0 Å². The second-order valence-corrected chi connectivity index (χ2v) is 7.61. The van der Waals surface area contributed by atoms with Crippen LogP contribution >= 0.6 is 0 Å². The molecule has 0 unspecified atom stereocenters. The fourth-order valence-corrected chi connectivity index (χ4v) is 3.96. The first-order chi connectivity index (χ1) is 11.7. The summed E-state index contributed by atoms with van der Waals surface area (Å²) >= 11 is 0. The predicted molar refractivity (Wildman–Crippen MR) is 97.4 cm³/mol. The van der Waals surface area contributed by atoms with E-state index in [0.29, 0.717) is 0 Å². The van der Waals surface area contributed by atoms with Gasteiger partial charge < -0.3 is 14.6 Å². The van der Waals surface area contributed by atoms with Gasteiger partial charge in [0.05, 0.1) is 30.0 Å². The molecular weight excluding hydrogens is 318 g/mol. The summed E-state index contributed by atoms with van der Waals surface area (Å²) in [5, 5.41) is 7.27. The maximum Gasteiger partial charge on any atom is 0.238 e. The van der Waals surface area contributed by atoms with Crippen molar-refractivity contribution in [2.75, 3.05) is 13.1 Å². The number of aromatic nitrogens is 1. The summed E-state index contributed by atoms with van der Waals surface area (Å²) in [5.74, 6) is 1.07. The highest BCUT2D eigenvalue weighted by atomic mass is 16.5. The number of ether oxygens (including phenoxy) is 1. The van der Waals surface area contributed by atoms with Crippen molar-refractivity contribution in [2.45, 2.75) is 79.2 Å². The van der Waals surface area contributed by atoms with Gasteiger partial charge in [-0.25, -0.2) is 0 Å². The van der Waals surface area contributed by atoms with E-state index in [1.54, 1.807) is 0 Å². The van der Waals surface area contributed by atoms with Gasteiger partial charge in [0.15, 0.2) is 0 Å². The van der Waals surface area contributed by atoms with E-state index < -0.39 is 0 Å². The Morgan fingerprint density at radius 3 is 2.32 bits per heavy atom. The van der Waals surface area contributed by atoms with Crippen LogP contribution in [0.5, 0.6) is 0 Å².